The third-order valence-electron chi connectivity index (χ3n) is 7.74. The molecular formula is C34H51NO6. The van der Waals surface area contributed by atoms with E-state index in [2.05, 4.69) is 43.1 Å². The molecule has 7 heteroatoms. The second kappa shape index (κ2) is 19.0. The van der Waals surface area contributed by atoms with E-state index in [1.807, 2.05) is 43.3 Å². The summed E-state index contributed by atoms with van der Waals surface area (Å²) in [6.07, 6.45) is 5.66. The summed E-state index contributed by atoms with van der Waals surface area (Å²) in [4.78, 5) is 14.0. The lowest BCUT2D eigenvalue weighted by Crippen LogP contribution is -2.49. The normalized spacial score (nSPS) is 21.3. The molecule has 41 heavy (non-hydrogen) atoms. The van der Waals surface area contributed by atoms with Gasteiger partial charge < -0.3 is 24.1 Å². The Balaban J connectivity index is 1.70. The van der Waals surface area contributed by atoms with Crippen LogP contribution in [0.15, 0.2) is 60.7 Å². The topological polar surface area (TPSA) is 77.5 Å². The summed E-state index contributed by atoms with van der Waals surface area (Å²) in [6, 6.07) is 20.4. The van der Waals surface area contributed by atoms with Crippen molar-refractivity contribution in [2.24, 2.45) is 0 Å². The molecule has 0 radical (unpaired) electrons. The average Bonchev–Trinajstić information content (AvgIpc) is 3.35. The first kappa shape index (κ1) is 33.2. The van der Waals surface area contributed by atoms with Crippen LogP contribution in [0.5, 0.6) is 0 Å². The van der Waals surface area contributed by atoms with Gasteiger partial charge in [-0.3, -0.25) is 9.69 Å². The van der Waals surface area contributed by atoms with E-state index in [1.54, 1.807) is 0 Å². The number of unbranched alkanes of at least 4 members (excludes halogenated alkanes) is 3. The van der Waals surface area contributed by atoms with E-state index in [-0.39, 0.29) is 36.9 Å². The molecule has 1 saturated carbocycles. The number of aliphatic hydroxyl groups is 1. The van der Waals surface area contributed by atoms with E-state index in [1.165, 1.54) is 0 Å². The fourth-order valence-corrected chi connectivity index (χ4v) is 5.49. The fourth-order valence-electron chi connectivity index (χ4n) is 5.49. The van der Waals surface area contributed by atoms with E-state index in [0.29, 0.717) is 32.7 Å². The van der Waals surface area contributed by atoms with Gasteiger partial charge in [0.2, 0.25) is 0 Å². The Morgan fingerprint density at radius 2 is 1.51 bits per heavy atom. The van der Waals surface area contributed by atoms with Gasteiger partial charge in [-0.1, -0.05) is 86.8 Å². The van der Waals surface area contributed by atoms with Crippen LogP contribution >= 0.6 is 0 Å². The van der Waals surface area contributed by atoms with E-state index in [4.69, 9.17) is 18.9 Å². The first-order chi connectivity index (χ1) is 20.0. The molecule has 3 rings (SSSR count). The van der Waals surface area contributed by atoms with Crippen molar-refractivity contribution in [2.75, 3.05) is 26.8 Å². The molecule has 0 aromatic heterocycles. The van der Waals surface area contributed by atoms with E-state index in [9.17, 15) is 9.90 Å². The quantitative estimate of drug-likeness (QED) is 0.157. The highest BCUT2D eigenvalue weighted by molar-refractivity contribution is 5.69. The smallest absolute Gasteiger partial charge is 0.305 e. The van der Waals surface area contributed by atoms with Gasteiger partial charge >= 0.3 is 5.97 Å². The molecular weight excluding hydrogens is 518 g/mol. The number of hydrogen-bond donors (Lipinski definition) is 1. The van der Waals surface area contributed by atoms with Gasteiger partial charge in [-0.25, -0.2) is 0 Å². The molecule has 5 atom stereocenters. The van der Waals surface area contributed by atoms with Crippen LogP contribution in [-0.2, 0) is 37.0 Å². The fraction of sp³-hybridized carbons (Fsp3) is 0.618. The summed E-state index contributed by atoms with van der Waals surface area (Å²) in [5.41, 5.74) is 2.25. The Kier molecular flexibility index (Phi) is 15.4. The predicted molar refractivity (Wildman–Crippen MR) is 161 cm³/mol. The lowest BCUT2D eigenvalue weighted by atomic mass is 10.1. The molecule has 7 nitrogen and oxygen atoms in total. The van der Waals surface area contributed by atoms with Crippen LogP contribution in [0.4, 0.5) is 0 Å². The first-order valence-corrected chi connectivity index (χ1v) is 15.5. The van der Waals surface area contributed by atoms with Gasteiger partial charge in [-0.05, 0) is 50.9 Å². The molecule has 1 unspecified atom stereocenters. The largest absolute Gasteiger partial charge is 0.466 e. The van der Waals surface area contributed by atoms with Crippen LogP contribution in [0.1, 0.15) is 76.3 Å². The number of carbonyl (C=O) groups is 1. The van der Waals surface area contributed by atoms with Crippen LogP contribution in [0.2, 0.25) is 0 Å². The van der Waals surface area contributed by atoms with Crippen LogP contribution in [0.25, 0.3) is 0 Å². The summed E-state index contributed by atoms with van der Waals surface area (Å²) in [6.45, 7) is 6.54. The Morgan fingerprint density at radius 1 is 0.878 bits per heavy atom. The van der Waals surface area contributed by atoms with Gasteiger partial charge in [0.05, 0.1) is 50.8 Å². The van der Waals surface area contributed by atoms with Crippen molar-refractivity contribution < 1.29 is 28.8 Å². The highest BCUT2D eigenvalue weighted by Gasteiger charge is 2.47. The molecule has 1 fully saturated rings. The molecule has 228 valence electrons. The number of nitrogens with zero attached hydrogens (tertiary/aromatic N) is 1. The van der Waals surface area contributed by atoms with Crippen LogP contribution < -0.4 is 0 Å². The molecule has 0 spiro atoms. The van der Waals surface area contributed by atoms with Gasteiger partial charge in [-0.2, -0.15) is 0 Å². The summed E-state index contributed by atoms with van der Waals surface area (Å²) in [5.74, 6) is -0.125. The average molecular weight is 570 g/mol. The maximum Gasteiger partial charge on any atom is 0.305 e. The number of aliphatic hydroxyl groups excluding tert-OH is 1. The van der Waals surface area contributed by atoms with Crippen LogP contribution in [0.3, 0.4) is 0 Å². The predicted octanol–water partition coefficient (Wildman–Crippen LogP) is 5.92. The van der Waals surface area contributed by atoms with Crippen molar-refractivity contribution in [2.45, 2.75) is 109 Å². The Hall–Kier alpha value is -2.29. The van der Waals surface area contributed by atoms with Crippen LogP contribution in [-0.4, -0.2) is 73.2 Å². The van der Waals surface area contributed by atoms with Crippen LogP contribution in [0, 0.1) is 0 Å². The summed E-state index contributed by atoms with van der Waals surface area (Å²) in [5, 5.41) is 10.6. The minimum absolute atomic E-state index is 0.0251. The van der Waals surface area contributed by atoms with Gasteiger partial charge in [0.15, 0.2) is 0 Å². The Morgan fingerprint density at radius 3 is 2.12 bits per heavy atom. The minimum Gasteiger partial charge on any atom is -0.466 e. The third-order valence-corrected chi connectivity index (χ3v) is 7.74. The highest BCUT2D eigenvalue weighted by Crippen LogP contribution is 2.33. The zero-order valence-electron chi connectivity index (χ0n) is 25.3. The third kappa shape index (κ3) is 11.8. The first-order valence-electron chi connectivity index (χ1n) is 15.5. The molecule has 0 amide bonds. The van der Waals surface area contributed by atoms with Crippen molar-refractivity contribution in [3.8, 4) is 0 Å². The molecule has 0 saturated heterocycles. The molecule has 0 bridgehead atoms. The van der Waals surface area contributed by atoms with Gasteiger partial charge in [0.25, 0.3) is 0 Å². The number of rotatable bonds is 20. The van der Waals surface area contributed by atoms with Crippen molar-refractivity contribution in [1.82, 2.24) is 4.90 Å². The molecule has 0 aliphatic heterocycles. The SMILES string of the molecule is CCCCC(O)CO[C@@H]1[C@@H](N(C)CCCCCC(=O)OCC)[C@H](OCc2ccccc2)C[C@@H]1OCc1ccccc1. The lowest BCUT2D eigenvalue weighted by molar-refractivity contribution is -0.143. The van der Waals surface area contributed by atoms with Gasteiger partial charge in [0, 0.05) is 12.8 Å². The van der Waals surface area contributed by atoms with Crippen molar-refractivity contribution >= 4 is 5.97 Å². The number of hydrogen-bond acceptors (Lipinski definition) is 7. The zero-order chi connectivity index (χ0) is 29.3. The standard InChI is InChI=1S/C34H51NO6/c1-4-6-20-29(36)26-41-34-31(40-25-28-18-12-8-13-19-28)23-30(39-24-27-16-10-7-11-17-27)33(34)35(3)22-15-9-14-21-32(37)38-5-2/h7-8,10-13,16-19,29-31,33-34,36H,4-6,9,14-15,20-26H2,1-3H3/t29?,30-,31+,33+,34+/m1/s1. The molecule has 1 aliphatic carbocycles. The Labute approximate surface area is 247 Å². The van der Waals surface area contributed by atoms with Crippen molar-refractivity contribution in [3.63, 3.8) is 0 Å². The van der Waals surface area contributed by atoms with E-state index >= 15 is 0 Å². The maximum atomic E-state index is 11.7. The second-order valence-corrected chi connectivity index (χ2v) is 11.1. The Bertz CT molecular complexity index is 958. The number of carbonyl (C=O) groups excluding carboxylic acids is 1. The van der Waals surface area contributed by atoms with Gasteiger partial charge in [-0.15, -0.1) is 0 Å². The highest BCUT2D eigenvalue weighted by atomic mass is 16.6. The van der Waals surface area contributed by atoms with Crippen molar-refractivity contribution in [1.29, 1.82) is 0 Å². The molecule has 2 aromatic rings. The molecule has 1 N–H and O–H groups in total. The minimum atomic E-state index is -0.497. The molecule has 2 aromatic carbocycles. The van der Waals surface area contributed by atoms with E-state index < -0.39 is 6.10 Å². The lowest BCUT2D eigenvalue weighted by Gasteiger charge is -2.35. The maximum absolute atomic E-state index is 11.7. The van der Waals surface area contributed by atoms with Crippen molar-refractivity contribution in [3.05, 3.63) is 71.8 Å². The monoisotopic (exact) mass is 569 g/mol. The summed E-state index contributed by atoms with van der Waals surface area (Å²) < 4.78 is 24.6. The number of likely N-dealkylation sites (N-methyl/N-ethyl adjacent to an activating group) is 1. The number of benzene rings is 2. The molecule has 0 heterocycles. The number of ether oxygens (including phenoxy) is 4. The number of esters is 1. The zero-order valence-corrected chi connectivity index (χ0v) is 25.3. The summed E-state index contributed by atoms with van der Waals surface area (Å²) in [7, 11) is 2.12. The van der Waals surface area contributed by atoms with Gasteiger partial charge in [0.1, 0.15) is 6.10 Å². The van der Waals surface area contributed by atoms with E-state index in [0.717, 1.165) is 56.2 Å². The summed E-state index contributed by atoms with van der Waals surface area (Å²) >= 11 is 0. The molecule has 1 aliphatic rings. The second-order valence-electron chi connectivity index (χ2n) is 11.1.